The third-order valence-corrected chi connectivity index (χ3v) is 3.85. The normalized spacial score (nSPS) is 15.3. The van der Waals surface area contributed by atoms with Gasteiger partial charge in [-0.25, -0.2) is 4.79 Å². The van der Waals surface area contributed by atoms with E-state index >= 15 is 0 Å². The number of hydrogen-bond donors (Lipinski definition) is 0. The molecule has 0 radical (unpaired) electrons. The molecule has 2 aromatic carbocycles. The van der Waals surface area contributed by atoms with Gasteiger partial charge in [0.1, 0.15) is 17.1 Å². The van der Waals surface area contributed by atoms with E-state index in [9.17, 15) is 4.79 Å². The van der Waals surface area contributed by atoms with E-state index in [1.165, 1.54) is 7.11 Å². The summed E-state index contributed by atoms with van der Waals surface area (Å²) in [6, 6.07) is 14.6. The van der Waals surface area contributed by atoms with Gasteiger partial charge in [0.15, 0.2) is 11.5 Å². The number of carbonyl (C=O) groups is 1. The van der Waals surface area contributed by atoms with E-state index in [0.29, 0.717) is 28.4 Å². The second kappa shape index (κ2) is 7.13. The van der Waals surface area contributed by atoms with Crippen LogP contribution in [0.15, 0.2) is 60.0 Å². The number of esters is 1. The monoisotopic (exact) mass is 338 g/mol. The molecule has 1 aliphatic rings. The molecule has 0 spiro atoms. The molecule has 1 heterocycles. The fourth-order valence-electron chi connectivity index (χ4n) is 2.57. The van der Waals surface area contributed by atoms with Gasteiger partial charge in [0.25, 0.3) is 0 Å². The molecule has 0 saturated carbocycles. The Kier molecular flexibility index (Phi) is 4.75. The van der Waals surface area contributed by atoms with Gasteiger partial charge in [-0.15, -0.1) is 0 Å². The minimum atomic E-state index is -0.443. The van der Waals surface area contributed by atoms with Crippen molar-refractivity contribution in [2.75, 3.05) is 21.3 Å². The lowest BCUT2D eigenvalue weighted by Gasteiger charge is -2.05. The lowest BCUT2D eigenvalue weighted by atomic mass is 10.0. The molecule has 128 valence electrons. The first-order valence-electron chi connectivity index (χ1n) is 7.67. The molecule has 1 aliphatic heterocycles. The largest absolute Gasteiger partial charge is 0.497 e. The lowest BCUT2D eigenvalue weighted by Crippen LogP contribution is -1.98. The molecule has 5 heteroatoms. The number of carbonyl (C=O) groups excluding carboxylic acids is 1. The summed E-state index contributed by atoms with van der Waals surface area (Å²) in [5, 5.41) is 0. The van der Waals surface area contributed by atoms with Crippen LogP contribution in [0.5, 0.6) is 11.5 Å². The van der Waals surface area contributed by atoms with Crippen LogP contribution < -0.4 is 9.47 Å². The standard InChI is InChI=1S/C20H18O5/c1-22-15-8-4-13(5-9-15)12-17-19(24-3)18(20(21)25-17)14-6-10-16(23-2)11-7-14/h4-12H,1-3H3. The van der Waals surface area contributed by atoms with E-state index in [4.69, 9.17) is 18.9 Å². The molecule has 5 nitrogen and oxygen atoms in total. The van der Waals surface area contributed by atoms with E-state index in [0.717, 1.165) is 11.3 Å². The fourth-order valence-corrected chi connectivity index (χ4v) is 2.57. The molecule has 0 aliphatic carbocycles. The highest BCUT2D eigenvalue weighted by atomic mass is 16.6. The summed E-state index contributed by atoms with van der Waals surface area (Å²) in [4.78, 5) is 12.3. The molecule has 0 saturated heterocycles. The highest BCUT2D eigenvalue weighted by Crippen LogP contribution is 2.35. The Morgan fingerprint density at radius 1 is 0.800 bits per heavy atom. The molecule has 3 rings (SSSR count). The smallest absolute Gasteiger partial charge is 0.348 e. The molecular weight excluding hydrogens is 320 g/mol. The molecular formula is C20H18O5. The van der Waals surface area contributed by atoms with Crippen molar-refractivity contribution in [1.82, 2.24) is 0 Å². The summed E-state index contributed by atoms with van der Waals surface area (Å²) >= 11 is 0. The maximum absolute atomic E-state index is 12.3. The topological polar surface area (TPSA) is 54.0 Å². The van der Waals surface area contributed by atoms with Crippen molar-refractivity contribution in [3.05, 3.63) is 71.2 Å². The predicted molar refractivity (Wildman–Crippen MR) is 94.0 cm³/mol. The van der Waals surface area contributed by atoms with Crippen LogP contribution in [0, 0.1) is 0 Å². The first-order chi connectivity index (χ1) is 12.2. The number of rotatable bonds is 5. The third kappa shape index (κ3) is 3.35. The fraction of sp³-hybridized carbons (Fsp3) is 0.150. The summed E-state index contributed by atoms with van der Waals surface area (Å²) in [5.41, 5.74) is 1.97. The molecule has 25 heavy (non-hydrogen) atoms. The van der Waals surface area contributed by atoms with Crippen LogP contribution >= 0.6 is 0 Å². The van der Waals surface area contributed by atoms with Gasteiger partial charge in [-0.3, -0.25) is 0 Å². The van der Waals surface area contributed by atoms with Gasteiger partial charge in [-0.1, -0.05) is 24.3 Å². The van der Waals surface area contributed by atoms with Crippen LogP contribution in [0.3, 0.4) is 0 Å². The highest BCUT2D eigenvalue weighted by molar-refractivity contribution is 6.21. The molecule has 0 amide bonds. The molecule has 0 N–H and O–H groups in total. The van der Waals surface area contributed by atoms with E-state index in [2.05, 4.69) is 0 Å². The van der Waals surface area contributed by atoms with Crippen LogP contribution in [0.2, 0.25) is 0 Å². The Hall–Kier alpha value is -3.21. The van der Waals surface area contributed by atoms with Gasteiger partial charge in [-0.2, -0.15) is 0 Å². The highest BCUT2D eigenvalue weighted by Gasteiger charge is 2.32. The van der Waals surface area contributed by atoms with Crippen LogP contribution in [0.1, 0.15) is 11.1 Å². The lowest BCUT2D eigenvalue weighted by molar-refractivity contribution is -0.131. The van der Waals surface area contributed by atoms with Crippen molar-refractivity contribution >= 4 is 17.6 Å². The zero-order valence-electron chi connectivity index (χ0n) is 14.2. The predicted octanol–water partition coefficient (Wildman–Crippen LogP) is 3.66. The molecule has 0 atom stereocenters. The van der Waals surface area contributed by atoms with Crippen LogP contribution in [-0.2, 0) is 14.3 Å². The van der Waals surface area contributed by atoms with E-state index in [1.807, 2.05) is 24.3 Å². The van der Waals surface area contributed by atoms with Crippen molar-refractivity contribution in [3.63, 3.8) is 0 Å². The number of hydrogen-bond acceptors (Lipinski definition) is 5. The first kappa shape index (κ1) is 16.6. The molecule has 2 aromatic rings. The van der Waals surface area contributed by atoms with Crippen molar-refractivity contribution in [2.45, 2.75) is 0 Å². The Morgan fingerprint density at radius 2 is 1.36 bits per heavy atom. The minimum absolute atomic E-state index is 0.378. The average molecular weight is 338 g/mol. The van der Waals surface area contributed by atoms with Crippen molar-refractivity contribution in [2.24, 2.45) is 0 Å². The summed E-state index contributed by atoms with van der Waals surface area (Å²) < 4.78 is 21.1. The Morgan fingerprint density at radius 3 is 1.88 bits per heavy atom. The quantitative estimate of drug-likeness (QED) is 0.779. The summed E-state index contributed by atoms with van der Waals surface area (Å²) in [6.45, 7) is 0. The molecule has 0 unspecified atom stereocenters. The van der Waals surface area contributed by atoms with Crippen LogP contribution in [-0.4, -0.2) is 27.3 Å². The van der Waals surface area contributed by atoms with Gasteiger partial charge in [0.05, 0.1) is 21.3 Å². The number of benzene rings is 2. The van der Waals surface area contributed by atoms with E-state index in [-0.39, 0.29) is 0 Å². The Balaban J connectivity index is 1.99. The van der Waals surface area contributed by atoms with Crippen molar-refractivity contribution in [3.8, 4) is 11.5 Å². The third-order valence-electron chi connectivity index (χ3n) is 3.85. The summed E-state index contributed by atoms with van der Waals surface area (Å²) in [5.74, 6) is 1.81. The van der Waals surface area contributed by atoms with Gasteiger partial charge >= 0.3 is 5.97 Å². The van der Waals surface area contributed by atoms with E-state index < -0.39 is 5.97 Å². The second-order valence-corrected chi connectivity index (χ2v) is 5.31. The Labute approximate surface area is 146 Å². The molecule has 0 fully saturated rings. The van der Waals surface area contributed by atoms with Crippen LogP contribution in [0.25, 0.3) is 11.6 Å². The Bertz CT molecular complexity index is 829. The maximum atomic E-state index is 12.3. The van der Waals surface area contributed by atoms with Gasteiger partial charge < -0.3 is 18.9 Å². The average Bonchev–Trinajstić information content (AvgIpc) is 2.97. The van der Waals surface area contributed by atoms with Gasteiger partial charge in [0, 0.05) is 0 Å². The minimum Gasteiger partial charge on any atom is -0.497 e. The molecule has 0 bridgehead atoms. The number of cyclic esters (lactones) is 1. The van der Waals surface area contributed by atoms with E-state index in [1.54, 1.807) is 44.6 Å². The van der Waals surface area contributed by atoms with Crippen LogP contribution in [0.4, 0.5) is 0 Å². The van der Waals surface area contributed by atoms with Gasteiger partial charge in [-0.05, 0) is 41.5 Å². The zero-order valence-corrected chi connectivity index (χ0v) is 14.2. The molecule has 0 aromatic heterocycles. The zero-order chi connectivity index (χ0) is 17.8. The first-order valence-corrected chi connectivity index (χ1v) is 7.67. The second-order valence-electron chi connectivity index (χ2n) is 5.31. The summed E-state index contributed by atoms with van der Waals surface area (Å²) in [7, 11) is 4.72. The maximum Gasteiger partial charge on any atom is 0.348 e. The number of methoxy groups -OCH3 is 3. The number of ether oxygens (including phenoxy) is 4. The SMILES string of the molecule is COC1=C(c2ccc(OC)cc2)C(=O)OC1=Cc1ccc(OC)cc1. The van der Waals surface area contributed by atoms with Gasteiger partial charge in [0.2, 0.25) is 0 Å². The summed E-state index contributed by atoms with van der Waals surface area (Å²) in [6.07, 6.45) is 1.76. The van der Waals surface area contributed by atoms with Crippen molar-refractivity contribution < 1.29 is 23.7 Å². The van der Waals surface area contributed by atoms with Crippen molar-refractivity contribution in [1.29, 1.82) is 0 Å².